The van der Waals surface area contributed by atoms with Crippen LogP contribution in [-0.2, 0) is 9.47 Å². The van der Waals surface area contributed by atoms with Crippen molar-refractivity contribution in [1.29, 1.82) is 0 Å². The van der Waals surface area contributed by atoms with Gasteiger partial charge in [0.25, 0.3) is 0 Å². The van der Waals surface area contributed by atoms with Crippen molar-refractivity contribution in [2.45, 2.75) is 18.8 Å². The van der Waals surface area contributed by atoms with E-state index in [4.69, 9.17) is 15.2 Å². The summed E-state index contributed by atoms with van der Waals surface area (Å²) >= 11 is 0. The quantitative estimate of drug-likeness (QED) is 0.732. The van der Waals surface area contributed by atoms with Crippen molar-refractivity contribution in [1.82, 2.24) is 0 Å². The smallest absolute Gasteiger partial charge is 0.338 e. The zero-order chi connectivity index (χ0) is 10.7. The summed E-state index contributed by atoms with van der Waals surface area (Å²) in [6, 6.07) is 8.89. The molecular formula is C11H13NO3. The molecule has 1 saturated heterocycles. The van der Waals surface area contributed by atoms with Gasteiger partial charge in [0, 0.05) is 6.42 Å². The van der Waals surface area contributed by atoms with Crippen LogP contribution in [-0.4, -0.2) is 24.9 Å². The predicted molar refractivity (Wildman–Crippen MR) is 54.2 cm³/mol. The zero-order valence-electron chi connectivity index (χ0n) is 8.26. The molecule has 0 spiro atoms. The van der Waals surface area contributed by atoms with Gasteiger partial charge in [-0.1, -0.05) is 18.2 Å². The summed E-state index contributed by atoms with van der Waals surface area (Å²) < 4.78 is 10.3. The van der Waals surface area contributed by atoms with Crippen molar-refractivity contribution in [3.05, 3.63) is 35.9 Å². The third-order valence-electron chi connectivity index (χ3n) is 2.27. The molecule has 80 valence electrons. The molecule has 0 radical (unpaired) electrons. The normalized spacial score (nSPS) is 25.1. The van der Waals surface area contributed by atoms with Gasteiger partial charge in [-0.2, -0.15) is 0 Å². The second-order valence-electron chi connectivity index (χ2n) is 3.50. The van der Waals surface area contributed by atoms with Crippen molar-refractivity contribution in [2.75, 3.05) is 6.61 Å². The molecule has 4 heteroatoms. The lowest BCUT2D eigenvalue weighted by Gasteiger charge is -2.09. The fourth-order valence-electron chi connectivity index (χ4n) is 1.50. The lowest BCUT2D eigenvalue weighted by atomic mass is 10.2. The zero-order valence-corrected chi connectivity index (χ0v) is 8.26. The summed E-state index contributed by atoms with van der Waals surface area (Å²) in [6.45, 7) is 0.389. The molecule has 1 heterocycles. The Labute approximate surface area is 88.0 Å². The van der Waals surface area contributed by atoms with Crippen molar-refractivity contribution >= 4 is 5.97 Å². The minimum absolute atomic E-state index is 0.215. The molecule has 0 bridgehead atoms. The highest BCUT2D eigenvalue weighted by atomic mass is 16.6. The van der Waals surface area contributed by atoms with E-state index in [9.17, 15) is 4.79 Å². The minimum Gasteiger partial charge on any atom is -0.456 e. The largest absolute Gasteiger partial charge is 0.456 e. The number of benzene rings is 1. The van der Waals surface area contributed by atoms with Gasteiger partial charge in [-0.15, -0.1) is 0 Å². The first-order valence-corrected chi connectivity index (χ1v) is 4.89. The first-order valence-electron chi connectivity index (χ1n) is 4.89. The highest BCUT2D eigenvalue weighted by molar-refractivity contribution is 5.89. The average molecular weight is 207 g/mol. The molecule has 2 N–H and O–H groups in total. The van der Waals surface area contributed by atoms with Crippen molar-refractivity contribution in [3.8, 4) is 0 Å². The van der Waals surface area contributed by atoms with Gasteiger partial charge in [-0.25, -0.2) is 4.79 Å². The highest BCUT2D eigenvalue weighted by Gasteiger charge is 2.26. The number of hydrogen-bond donors (Lipinski definition) is 1. The number of carbonyl (C=O) groups is 1. The van der Waals surface area contributed by atoms with Gasteiger partial charge in [0.15, 0.2) is 0 Å². The Morgan fingerprint density at radius 2 is 2.13 bits per heavy atom. The molecule has 1 fully saturated rings. The monoisotopic (exact) mass is 207 g/mol. The molecule has 2 atom stereocenters. The topological polar surface area (TPSA) is 61.5 Å². The highest BCUT2D eigenvalue weighted by Crippen LogP contribution is 2.14. The Balaban J connectivity index is 1.93. The van der Waals surface area contributed by atoms with Crippen molar-refractivity contribution in [3.63, 3.8) is 0 Å². The molecular weight excluding hydrogens is 194 g/mol. The summed E-state index contributed by atoms with van der Waals surface area (Å²) in [5.41, 5.74) is 6.08. The molecule has 0 amide bonds. The molecule has 0 aromatic heterocycles. The van der Waals surface area contributed by atoms with Crippen LogP contribution < -0.4 is 5.73 Å². The summed E-state index contributed by atoms with van der Waals surface area (Å²) in [7, 11) is 0. The maximum Gasteiger partial charge on any atom is 0.338 e. The van der Waals surface area contributed by atoms with Crippen LogP contribution in [0.2, 0.25) is 0 Å². The maximum absolute atomic E-state index is 11.6. The van der Waals surface area contributed by atoms with Gasteiger partial charge in [0.1, 0.15) is 12.3 Å². The molecule has 2 rings (SSSR count). The fraction of sp³-hybridized carbons (Fsp3) is 0.364. The first kappa shape index (κ1) is 10.1. The Kier molecular flexibility index (Phi) is 2.99. The van der Waals surface area contributed by atoms with Crippen LogP contribution in [0.5, 0.6) is 0 Å². The predicted octanol–water partition coefficient (Wildman–Crippen LogP) is 0.917. The Hall–Kier alpha value is -1.39. The number of hydrogen-bond acceptors (Lipinski definition) is 4. The van der Waals surface area contributed by atoms with Crippen molar-refractivity contribution < 1.29 is 14.3 Å². The van der Waals surface area contributed by atoms with E-state index >= 15 is 0 Å². The van der Waals surface area contributed by atoms with E-state index < -0.39 is 0 Å². The van der Waals surface area contributed by atoms with E-state index in [0.717, 1.165) is 0 Å². The molecule has 4 nitrogen and oxygen atoms in total. The van der Waals surface area contributed by atoms with Crippen LogP contribution in [0, 0.1) is 0 Å². The average Bonchev–Trinajstić information content (AvgIpc) is 2.65. The van der Waals surface area contributed by atoms with E-state index in [1.807, 2.05) is 6.07 Å². The number of rotatable bonds is 2. The minimum atomic E-state index is -0.321. The second-order valence-corrected chi connectivity index (χ2v) is 3.50. The molecule has 15 heavy (non-hydrogen) atoms. The Morgan fingerprint density at radius 3 is 2.73 bits per heavy atom. The fourth-order valence-corrected chi connectivity index (χ4v) is 1.50. The Morgan fingerprint density at radius 1 is 1.40 bits per heavy atom. The van der Waals surface area contributed by atoms with Crippen LogP contribution in [0.15, 0.2) is 30.3 Å². The van der Waals surface area contributed by atoms with Crippen LogP contribution in [0.25, 0.3) is 0 Å². The molecule has 0 saturated carbocycles. The maximum atomic E-state index is 11.6. The van der Waals surface area contributed by atoms with Crippen LogP contribution in [0.3, 0.4) is 0 Å². The molecule has 1 aromatic carbocycles. The molecule has 0 aliphatic carbocycles. The second kappa shape index (κ2) is 4.42. The van der Waals surface area contributed by atoms with E-state index in [1.165, 1.54) is 0 Å². The summed E-state index contributed by atoms with van der Waals surface area (Å²) in [4.78, 5) is 11.6. The summed E-state index contributed by atoms with van der Waals surface area (Å²) in [5, 5.41) is 0. The van der Waals surface area contributed by atoms with Gasteiger partial charge in [-0.3, -0.25) is 0 Å². The number of carbonyl (C=O) groups excluding carboxylic acids is 1. The molecule has 1 aromatic rings. The van der Waals surface area contributed by atoms with E-state index in [-0.39, 0.29) is 18.3 Å². The van der Waals surface area contributed by atoms with E-state index in [0.29, 0.717) is 18.6 Å². The van der Waals surface area contributed by atoms with Gasteiger partial charge >= 0.3 is 5.97 Å². The van der Waals surface area contributed by atoms with Gasteiger partial charge in [0.2, 0.25) is 0 Å². The lowest BCUT2D eigenvalue weighted by Crippen LogP contribution is -2.21. The van der Waals surface area contributed by atoms with Crippen LogP contribution in [0.4, 0.5) is 0 Å². The number of nitrogens with two attached hydrogens (primary N) is 1. The molecule has 1 aliphatic rings. The summed E-state index contributed by atoms with van der Waals surface area (Å²) in [5.74, 6) is -0.321. The van der Waals surface area contributed by atoms with Crippen molar-refractivity contribution in [2.24, 2.45) is 5.73 Å². The Bertz CT molecular complexity index is 339. The van der Waals surface area contributed by atoms with Crippen LogP contribution in [0.1, 0.15) is 16.8 Å². The SMILES string of the molecule is NC1CC(OC(=O)c2ccccc2)CO1. The number of esters is 1. The van der Waals surface area contributed by atoms with E-state index in [1.54, 1.807) is 24.3 Å². The lowest BCUT2D eigenvalue weighted by molar-refractivity contribution is 0.0256. The third kappa shape index (κ3) is 2.55. The standard InChI is InChI=1S/C11H13NO3/c12-10-6-9(7-14-10)15-11(13)8-4-2-1-3-5-8/h1-5,9-10H,6-7,12H2. The van der Waals surface area contributed by atoms with Gasteiger partial charge in [-0.05, 0) is 12.1 Å². The third-order valence-corrected chi connectivity index (χ3v) is 2.27. The summed E-state index contributed by atoms with van der Waals surface area (Å²) in [6.07, 6.45) is 0.0461. The van der Waals surface area contributed by atoms with Gasteiger partial charge < -0.3 is 15.2 Å². The first-order chi connectivity index (χ1) is 7.25. The van der Waals surface area contributed by atoms with Crippen LogP contribution >= 0.6 is 0 Å². The van der Waals surface area contributed by atoms with Gasteiger partial charge in [0.05, 0.1) is 12.2 Å². The molecule has 1 aliphatic heterocycles. The molecule has 2 unspecified atom stereocenters. The van der Waals surface area contributed by atoms with E-state index in [2.05, 4.69) is 0 Å². The number of ether oxygens (including phenoxy) is 2.